The molecular weight excluding hydrogens is 973 g/mol. The molecule has 79 heavy (non-hydrogen) atoms. The Morgan fingerprint density at radius 2 is 0.519 bits per heavy atom. The first-order valence-corrected chi connectivity index (χ1v) is 31.6. The minimum absolute atomic E-state index is 0.125. The molecule has 442 valence electrons. The fourth-order valence-electron chi connectivity index (χ4n) is 8.03. The number of carbonyl (C=O) groups excluding carboxylic acids is 3. The molecule has 0 fully saturated rings. The normalized spacial score (nSPS) is 13.3. The van der Waals surface area contributed by atoms with E-state index in [4.69, 9.17) is 14.2 Å². The van der Waals surface area contributed by atoms with Crippen molar-refractivity contribution in [1.29, 1.82) is 0 Å². The van der Waals surface area contributed by atoms with Gasteiger partial charge in [0.1, 0.15) is 13.2 Å². The molecule has 0 aromatic rings. The number of esters is 3. The van der Waals surface area contributed by atoms with E-state index in [2.05, 4.69) is 185 Å². The fraction of sp³-hybridized carbons (Fsp3) is 0.575. The van der Waals surface area contributed by atoms with Crippen LogP contribution in [0.5, 0.6) is 0 Å². The van der Waals surface area contributed by atoms with Gasteiger partial charge in [0, 0.05) is 19.3 Å². The Kier molecular flexibility index (Phi) is 61.0. The third kappa shape index (κ3) is 63.5. The van der Waals surface area contributed by atoms with Crippen molar-refractivity contribution in [2.45, 2.75) is 258 Å². The second-order valence-electron chi connectivity index (χ2n) is 20.2. The lowest BCUT2D eigenvalue weighted by molar-refractivity contribution is -0.166. The van der Waals surface area contributed by atoms with Crippen LogP contribution in [0.25, 0.3) is 0 Å². The molecule has 0 aromatic carbocycles. The molecule has 0 aliphatic rings. The highest BCUT2D eigenvalue weighted by molar-refractivity contribution is 5.71. The van der Waals surface area contributed by atoms with Crippen LogP contribution in [0, 0.1) is 0 Å². The van der Waals surface area contributed by atoms with Crippen molar-refractivity contribution in [3.63, 3.8) is 0 Å². The van der Waals surface area contributed by atoms with Crippen molar-refractivity contribution in [2.75, 3.05) is 13.2 Å². The molecule has 6 nitrogen and oxygen atoms in total. The molecule has 0 radical (unpaired) electrons. The van der Waals surface area contributed by atoms with Gasteiger partial charge in [0.15, 0.2) is 6.10 Å². The molecule has 0 aliphatic carbocycles. The summed E-state index contributed by atoms with van der Waals surface area (Å²) in [6.07, 6.45) is 96.4. The molecule has 0 heterocycles. The molecule has 0 aliphatic heterocycles. The van der Waals surface area contributed by atoms with Crippen LogP contribution in [0.2, 0.25) is 0 Å². The zero-order chi connectivity index (χ0) is 57.1. The van der Waals surface area contributed by atoms with Gasteiger partial charge in [-0.05, 0) is 141 Å². The van der Waals surface area contributed by atoms with Crippen LogP contribution in [-0.2, 0) is 28.6 Å². The summed E-state index contributed by atoms with van der Waals surface area (Å²) in [5, 5.41) is 0. The summed E-state index contributed by atoms with van der Waals surface area (Å²) >= 11 is 0. The Balaban J connectivity index is 4.60. The zero-order valence-electron chi connectivity index (χ0n) is 50.6. The van der Waals surface area contributed by atoms with Crippen molar-refractivity contribution >= 4 is 17.9 Å². The molecule has 0 amide bonds. The summed E-state index contributed by atoms with van der Waals surface area (Å²) in [6, 6.07) is 0. The monoisotopic (exact) mass is 1090 g/mol. The van der Waals surface area contributed by atoms with Crippen LogP contribution in [-0.4, -0.2) is 37.2 Å². The molecule has 6 heteroatoms. The highest BCUT2D eigenvalue weighted by atomic mass is 16.6. The summed E-state index contributed by atoms with van der Waals surface area (Å²) in [7, 11) is 0. The standard InChI is InChI=1S/C73H114O6/c1-4-7-10-13-16-19-22-25-28-31-34-36-39-42-45-48-51-54-57-60-63-66-72(75)78-69-70(68-77-71(74)65-62-59-56-53-50-47-44-41-38-33-30-27-24-21-18-15-12-9-6-3)79-73(76)67-64-61-58-55-52-49-46-43-40-37-35-32-29-26-23-20-17-14-11-8-5-2/h7,9-10,12,16,18-19,21,23,25-28,30,32,34-36,38,40-43,45,47,50,56,59,70H,4-6,8,11,13-15,17,20,22,24,29,31,33,37,39,44,46,48-49,51-55,57-58,60-69H2,1-3H3/b10-7-,12-9-,19-16-,21-18-,26-23-,28-25-,30-27-,35-32-,36-34-,41-38-,43-40-,45-42-,50-47-,59-56-. The van der Waals surface area contributed by atoms with Crippen molar-refractivity contribution in [1.82, 2.24) is 0 Å². The van der Waals surface area contributed by atoms with Crippen molar-refractivity contribution in [3.05, 3.63) is 170 Å². The third-order valence-corrected chi connectivity index (χ3v) is 12.7. The van der Waals surface area contributed by atoms with E-state index in [-0.39, 0.29) is 44.0 Å². The molecule has 0 aromatic heterocycles. The second-order valence-corrected chi connectivity index (χ2v) is 20.2. The van der Waals surface area contributed by atoms with E-state index in [1.54, 1.807) is 0 Å². The average Bonchev–Trinajstić information content (AvgIpc) is 3.45. The van der Waals surface area contributed by atoms with Gasteiger partial charge in [-0.25, -0.2) is 0 Å². The van der Waals surface area contributed by atoms with Gasteiger partial charge < -0.3 is 14.2 Å². The first-order chi connectivity index (χ1) is 39.0. The first kappa shape index (κ1) is 73.8. The van der Waals surface area contributed by atoms with E-state index < -0.39 is 6.10 Å². The predicted molar refractivity (Wildman–Crippen MR) is 343 cm³/mol. The van der Waals surface area contributed by atoms with Gasteiger partial charge in [0.25, 0.3) is 0 Å². The maximum atomic E-state index is 12.9. The number of ether oxygens (including phenoxy) is 3. The van der Waals surface area contributed by atoms with Gasteiger partial charge >= 0.3 is 17.9 Å². The average molecular weight is 1090 g/mol. The molecule has 0 N–H and O–H groups in total. The lowest BCUT2D eigenvalue weighted by atomic mass is 10.1. The van der Waals surface area contributed by atoms with Crippen LogP contribution < -0.4 is 0 Å². The molecule has 1 atom stereocenters. The number of allylic oxidation sites excluding steroid dienone is 28. The van der Waals surface area contributed by atoms with Crippen molar-refractivity contribution < 1.29 is 28.6 Å². The number of hydrogen-bond donors (Lipinski definition) is 0. The summed E-state index contributed by atoms with van der Waals surface area (Å²) in [5.41, 5.74) is 0. The number of hydrogen-bond acceptors (Lipinski definition) is 6. The SMILES string of the molecule is CC/C=C\C/C=C\C/C=C\C/C=C\C/C=C\C/C=C\CCC(=O)OCC(COC(=O)CCCCCCC/C=C\C/C=C\C/C=C\C/C=C\C/C=C\CC)OC(=O)CCCCCCCC/C=C\C/C=C\C/C=C\CCCCCCC. The van der Waals surface area contributed by atoms with E-state index >= 15 is 0 Å². The quantitative estimate of drug-likeness (QED) is 0.0261. The zero-order valence-corrected chi connectivity index (χ0v) is 50.6. The molecular formula is C73H114O6. The van der Waals surface area contributed by atoms with Crippen LogP contribution in [0.4, 0.5) is 0 Å². The largest absolute Gasteiger partial charge is 0.462 e. The third-order valence-electron chi connectivity index (χ3n) is 12.7. The maximum absolute atomic E-state index is 12.9. The van der Waals surface area contributed by atoms with Gasteiger partial charge in [0.05, 0.1) is 0 Å². The second kappa shape index (κ2) is 65.3. The van der Waals surface area contributed by atoms with E-state index in [1.165, 1.54) is 51.4 Å². The summed E-state index contributed by atoms with van der Waals surface area (Å²) in [5.74, 6) is -1.05. The number of carbonyl (C=O) groups is 3. The fourth-order valence-corrected chi connectivity index (χ4v) is 8.03. The van der Waals surface area contributed by atoms with Gasteiger partial charge in [-0.1, -0.05) is 262 Å². The van der Waals surface area contributed by atoms with Gasteiger partial charge in [-0.15, -0.1) is 0 Å². The minimum atomic E-state index is -0.836. The Morgan fingerprint density at radius 1 is 0.266 bits per heavy atom. The van der Waals surface area contributed by atoms with Crippen LogP contribution in [0.3, 0.4) is 0 Å². The highest BCUT2D eigenvalue weighted by Gasteiger charge is 2.19. The summed E-state index contributed by atoms with van der Waals surface area (Å²) in [4.78, 5) is 38.3. The van der Waals surface area contributed by atoms with E-state index in [0.29, 0.717) is 12.8 Å². The summed E-state index contributed by atoms with van der Waals surface area (Å²) in [6.45, 7) is 6.30. The predicted octanol–water partition coefficient (Wildman–Crippen LogP) is 21.9. The van der Waals surface area contributed by atoms with Gasteiger partial charge in [0.2, 0.25) is 0 Å². The Morgan fingerprint density at radius 3 is 0.848 bits per heavy atom. The molecule has 0 spiro atoms. The molecule has 0 saturated heterocycles. The molecule has 1 unspecified atom stereocenters. The Labute approximate surface area is 485 Å². The first-order valence-electron chi connectivity index (χ1n) is 31.6. The number of rotatable bonds is 55. The number of unbranched alkanes of at least 4 members (excludes halogenated alkanes) is 16. The van der Waals surface area contributed by atoms with Crippen LogP contribution in [0.15, 0.2) is 170 Å². The smallest absolute Gasteiger partial charge is 0.306 e. The van der Waals surface area contributed by atoms with Crippen molar-refractivity contribution in [3.8, 4) is 0 Å². The maximum Gasteiger partial charge on any atom is 0.306 e. The van der Waals surface area contributed by atoms with Gasteiger partial charge in [-0.3, -0.25) is 14.4 Å². The molecule has 0 bridgehead atoms. The van der Waals surface area contributed by atoms with E-state index in [1.807, 2.05) is 6.08 Å². The lowest BCUT2D eigenvalue weighted by Gasteiger charge is -2.18. The Bertz CT molecular complexity index is 1820. The van der Waals surface area contributed by atoms with E-state index in [0.717, 1.165) is 154 Å². The Hall–Kier alpha value is -5.23. The summed E-state index contributed by atoms with van der Waals surface area (Å²) < 4.78 is 16.8. The minimum Gasteiger partial charge on any atom is -0.462 e. The highest BCUT2D eigenvalue weighted by Crippen LogP contribution is 2.13. The molecule has 0 saturated carbocycles. The van der Waals surface area contributed by atoms with Crippen LogP contribution in [0.1, 0.15) is 252 Å². The van der Waals surface area contributed by atoms with Crippen molar-refractivity contribution in [2.24, 2.45) is 0 Å². The molecule has 0 rings (SSSR count). The van der Waals surface area contributed by atoms with Crippen LogP contribution >= 0.6 is 0 Å². The van der Waals surface area contributed by atoms with E-state index in [9.17, 15) is 14.4 Å². The topological polar surface area (TPSA) is 78.9 Å². The lowest BCUT2D eigenvalue weighted by Crippen LogP contribution is -2.30. The van der Waals surface area contributed by atoms with Gasteiger partial charge in [-0.2, -0.15) is 0 Å².